The molecule has 0 amide bonds. The first-order chi connectivity index (χ1) is 17.3. The van der Waals surface area contributed by atoms with Gasteiger partial charge in [0.05, 0.1) is 5.56 Å². The van der Waals surface area contributed by atoms with Crippen LogP contribution in [-0.4, -0.2) is 25.9 Å². The summed E-state index contributed by atoms with van der Waals surface area (Å²) >= 11 is 0. The van der Waals surface area contributed by atoms with Crippen LogP contribution in [0.1, 0.15) is 41.1 Å². The Kier molecular flexibility index (Phi) is 6.41. The van der Waals surface area contributed by atoms with Crippen LogP contribution < -0.4 is 10.6 Å². The van der Waals surface area contributed by atoms with Crippen molar-refractivity contribution in [3.05, 3.63) is 89.2 Å². The van der Waals surface area contributed by atoms with Crippen LogP contribution in [-0.2, 0) is 23.8 Å². The van der Waals surface area contributed by atoms with E-state index in [1.165, 1.54) is 25.0 Å². The van der Waals surface area contributed by atoms with Gasteiger partial charge in [0.15, 0.2) is 5.82 Å². The van der Waals surface area contributed by atoms with Crippen molar-refractivity contribution in [2.75, 3.05) is 10.6 Å². The van der Waals surface area contributed by atoms with Crippen molar-refractivity contribution in [1.29, 1.82) is 0 Å². The lowest BCUT2D eigenvalue weighted by Crippen LogP contribution is -2.08. The Morgan fingerprint density at radius 1 is 0.917 bits per heavy atom. The number of nitrogens with one attached hydrogen (secondary N) is 3. The Balaban J connectivity index is 1.15. The molecule has 0 saturated heterocycles. The summed E-state index contributed by atoms with van der Waals surface area (Å²) in [5.74, 6) is 2.21. The van der Waals surface area contributed by atoms with Gasteiger partial charge < -0.3 is 10.6 Å². The maximum Gasteiger partial charge on any atom is 0.416 e. The van der Waals surface area contributed by atoms with Crippen LogP contribution in [0, 0.1) is 0 Å². The Morgan fingerprint density at radius 3 is 2.22 bits per heavy atom. The number of alkyl halides is 3. The standard InChI is InChI=1S/C26H23F3N6O/c27-26(28,29)19-7-1-16(2-8-19)13-21(36)14-17-3-9-20(10-4-17)31-25-30-12-11-23(33-25)32-24-15-22(34-35-24)18-5-6-18/h1-4,7-12,15,18H,5-6,13-14H2,(H3,30,31,32,33,34,35). The van der Waals surface area contributed by atoms with Gasteiger partial charge >= 0.3 is 6.18 Å². The molecule has 184 valence electrons. The molecule has 4 aromatic rings. The molecule has 3 N–H and O–H groups in total. The molecule has 5 rings (SSSR count). The fourth-order valence-corrected chi connectivity index (χ4v) is 3.79. The molecule has 1 aliphatic rings. The molecule has 36 heavy (non-hydrogen) atoms. The largest absolute Gasteiger partial charge is 0.416 e. The van der Waals surface area contributed by atoms with E-state index in [2.05, 4.69) is 30.8 Å². The third kappa shape index (κ3) is 6.07. The van der Waals surface area contributed by atoms with Crippen LogP contribution >= 0.6 is 0 Å². The second-order valence-corrected chi connectivity index (χ2v) is 8.78. The van der Waals surface area contributed by atoms with Crippen molar-refractivity contribution < 1.29 is 18.0 Å². The van der Waals surface area contributed by atoms with Gasteiger partial charge in [0.1, 0.15) is 11.6 Å². The van der Waals surface area contributed by atoms with Gasteiger partial charge in [0.2, 0.25) is 5.95 Å². The molecule has 0 unspecified atom stereocenters. The molecule has 7 nitrogen and oxygen atoms in total. The number of ketones is 1. The average molecular weight is 493 g/mol. The van der Waals surface area contributed by atoms with E-state index in [1.54, 1.807) is 12.3 Å². The van der Waals surface area contributed by atoms with E-state index < -0.39 is 11.7 Å². The fourth-order valence-electron chi connectivity index (χ4n) is 3.79. The summed E-state index contributed by atoms with van der Waals surface area (Å²) < 4.78 is 38.1. The number of aromatic amines is 1. The first-order valence-electron chi connectivity index (χ1n) is 11.5. The molecule has 0 atom stereocenters. The van der Waals surface area contributed by atoms with E-state index in [4.69, 9.17) is 0 Å². The van der Waals surface area contributed by atoms with Gasteiger partial charge in [-0.2, -0.15) is 23.3 Å². The molecule has 2 aromatic carbocycles. The SMILES string of the molecule is O=C(Cc1ccc(Nc2nccc(Nc3cc(C4CC4)[nH]n3)n2)cc1)Cc1ccc(C(F)(F)F)cc1. The van der Waals surface area contributed by atoms with Gasteiger partial charge in [-0.25, -0.2) is 4.98 Å². The predicted octanol–water partition coefficient (Wildman–Crippen LogP) is 5.94. The van der Waals surface area contributed by atoms with E-state index in [9.17, 15) is 18.0 Å². The number of benzene rings is 2. The number of hydrogen-bond donors (Lipinski definition) is 3. The minimum absolute atomic E-state index is 0.0733. The zero-order valence-electron chi connectivity index (χ0n) is 19.1. The van der Waals surface area contributed by atoms with Crippen molar-refractivity contribution in [3.63, 3.8) is 0 Å². The van der Waals surface area contributed by atoms with Gasteiger partial charge in [0, 0.05) is 42.4 Å². The smallest absolute Gasteiger partial charge is 0.324 e. The lowest BCUT2D eigenvalue weighted by atomic mass is 10.0. The molecule has 1 fully saturated rings. The van der Waals surface area contributed by atoms with Crippen molar-refractivity contribution in [2.24, 2.45) is 0 Å². The van der Waals surface area contributed by atoms with Crippen molar-refractivity contribution in [2.45, 2.75) is 37.8 Å². The van der Waals surface area contributed by atoms with Gasteiger partial charge in [-0.15, -0.1) is 0 Å². The topological polar surface area (TPSA) is 95.6 Å². The molecule has 0 aliphatic heterocycles. The number of rotatable bonds is 9. The second-order valence-electron chi connectivity index (χ2n) is 8.78. The fraction of sp³-hybridized carbons (Fsp3) is 0.231. The normalized spacial score (nSPS) is 13.4. The Morgan fingerprint density at radius 2 is 1.58 bits per heavy atom. The number of anilines is 4. The second kappa shape index (κ2) is 9.80. The minimum Gasteiger partial charge on any atom is -0.324 e. The number of hydrogen-bond acceptors (Lipinski definition) is 6. The van der Waals surface area contributed by atoms with Gasteiger partial charge in [-0.05, 0) is 54.3 Å². The number of nitrogens with zero attached hydrogens (tertiary/aromatic N) is 3. The van der Waals surface area contributed by atoms with Gasteiger partial charge in [-0.3, -0.25) is 9.89 Å². The van der Waals surface area contributed by atoms with Crippen LogP contribution in [0.4, 0.5) is 36.4 Å². The number of halogens is 3. The zero-order valence-corrected chi connectivity index (χ0v) is 19.1. The van der Waals surface area contributed by atoms with E-state index >= 15 is 0 Å². The van der Waals surface area contributed by atoms with Gasteiger partial charge in [-0.1, -0.05) is 24.3 Å². The van der Waals surface area contributed by atoms with Crippen LogP contribution in [0.3, 0.4) is 0 Å². The number of carbonyl (C=O) groups is 1. The average Bonchev–Trinajstić information content (AvgIpc) is 3.59. The maximum absolute atomic E-state index is 12.7. The minimum atomic E-state index is -4.39. The van der Waals surface area contributed by atoms with E-state index in [0.29, 0.717) is 29.1 Å². The first-order valence-corrected chi connectivity index (χ1v) is 11.5. The highest BCUT2D eigenvalue weighted by molar-refractivity contribution is 5.83. The molecular formula is C26H23F3N6O. The van der Waals surface area contributed by atoms with E-state index in [-0.39, 0.29) is 18.6 Å². The van der Waals surface area contributed by atoms with Crippen LogP contribution in [0.15, 0.2) is 66.9 Å². The number of H-pyrrole nitrogens is 1. The van der Waals surface area contributed by atoms with Crippen molar-refractivity contribution in [1.82, 2.24) is 20.2 Å². The Hall–Kier alpha value is -4.21. The summed E-state index contributed by atoms with van der Waals surface area (Å²) in [5, 5.41) is 13.6. The van der Waals surface area contributed by atoms with Gasteiger partial charge in [0.25, 0.3) is 0 Å². The molecule has 2 heterocycles. The maximum atomic E-state index is 12.7. The summed E-state index contributed by atoms with van der Waals surface area (Å²) in [6.07, 6.45) is -0.112. The third-order valence-corrected chi connectivity index (χ3v) is 5.82. The zero-order chi connectivity index (χ0) is 25.1. The highest BCUT2D eigenvalue weighted by Crippen LogP contribution is 2.39. The van der Waals surface area contributed by atoms with E-state index in [1.807, 2.05) is 30.3 Å². The summed E-state index contributed by atoms with van der Waals surface area (Å²) in [5.41, 5.74) is 2.51. The number of carbonyl (C=O) groups excluding carboxylic acids is 1. The monoisotopic (exact) mass is 492 g/mol. The van der Waals surface area contributed by atoms with E-state index in [0.717, 1.165) is 29.1 Å². The molecule has 0 spiro atoms. The quantitative estimate of drug-likeness (QED) is 0.268. The van der Waals surface area contributed by atoms with Crippen LogP contribution in [0.5, 0.6) is 0 Å². The molecule has 10 heteroatoms. The Labute approximate surface area is 205 Å². The molecule has 1 aliphatic carbocycles. The highest BCUT2D eigenvalue weighted by Gasteiger charge is 2.30. The number of aromatic nitrogens is 4. The summed E-state index contributed by atoms with van der Waals surface area (Å²) in [7, 11) is 0. The first kappa shape index (κ1) is 23.5. The molecule has 0 bridgehead atoms. The van der Waals surface area contributed by atoms with Crippen LogP contribution in [0.2, 0.25) is 0 Å². The molecule has 0 radical (unpaired) electrons. The summed E-state index contributed by atoms with van der Waals surface area (Å²) in [6.45, 7) is 0. The lowest BCUT2D eigenvalue weighted by Gasteiger charge is -2.09. The predicted molar refractivity (Wildman–Crippen MR) is 129 cm³/mol. The summed E-state index contributed by atoms with van der Waals surface area (Å²) in [6, 6.07) is 15.7. The van der Waals surface area contributed by atoms with Crippen LogP contribution in [0.25, 0.3) is 0 Å². The molecule has 2 aromatic heterocycles. The highest BCUT2D eigenvalue weighted by atomic mass is 19.4. The third-order valence-electron chi connectivity index (χ3n) is 5.82. The molecule has 1 saturated carbocycles. The van der Waals surface area contributed by atoms with Crippen molar-refractivity contribution in [3.8, 4) is 0 Å². The lowest BCUT2D eigenvalue weighted by molar-refractivity contribution is -0.137. The summed E-state index contributed by atoms with van der Waals surface area (Å²) in [4.78, 5) is 21.1. The Bertz CT molecular complexity index is 1350. The van der Waals surface area contributed by atoms with Crippen molar-refractivity contribution >= 4 is 29.1 Å². The molecular weight excluding hydrogens is 469 g/mol. The number of Topliss-reactive ketones (excluding diaryl/α,β-unsaturated/α-hetero) is 1.